The number of nitrogens with zero attached hydrogens (tertiary/aromatic N) is 2. The van der Waals surface area contributed by atoms with Gasteiger partial charge in [-0.15, -0.1) is 0 Å². The number of aryl methyl sites for hydroxylation is 1. The molecular formula is C23H33N4O3+. The molecule has 2 saturated heterocycles. The molecule has 2 aromatic rings. The van der Waals surface area contributed by atoms with Crippen molar-refractivity contribution in [2.24, 2.45) is 5.92 Å². The number of pyridine rings is 1. The van der Waals surface area contributed by atoms with E-state index in [9.17, 15) is 9.90 Å². The Morgan fingerprint density at radius 3 is 2.83 bits per heavy atom. The normalized spacial score (nSPS) is 20.3. The number of likely N-dealkylation sites (tertiary alicyclic amines) is 1. The summed E-state index contributed by atoms with van der Waals surface area (Å²) in [5.74, 6) is 0.361. The molecule has 0 saturated carbocycles. The Hall–Kier alpha value is -2.22. The average molecular weight is 414 g/mol. The number of β-amino-alcohol motifs (C(OH)–C–C–N with tert-alkyl or cyclic N) is 1. The van der Waals surface area contributed by atoms with Gasteiger partial charge in [0.15, 0.2) is 0 Å². The van der Waals surface area contributed by atoms with E-state index in [1.807, 2.05) is 25.1 Å². The van der Waals surface area contributed by atoms with Gasteiger partial charge in [-0.3, -0.25) is 9.78 Å². The number of fused-ring (bicyclic) bond motifs is 1. The van der Waals surface area contributed by atoms with Crippen LogP contribution < -0.4 is 11.1 Å². The molecule has 0 bridgehead atoms. The number of amides is 1. The minimum atomic E-state index is -0.579. The molecule has 30 heavy (non-hydrogen) atoms. The van der Waals surface area contributed by atoms with Crippen LogP contribution in [-0.4, -0.2) is 70.6 Å². The van der Waals surface area contributed by atoms with Crippen molar-refractivity contribution in [3.8, 4) is 0 Å². The summed E-state index contributed by atoms with van der Waals surface area (Å²) in [6.45, 7) is 6.79. The minimum Gasteiger partial charge on any atom is -0.433 e. The lowest BCUT2D eigenvalue weighted by atomic mass is 9.91. The van der Waals surface area contributed by atoms with Gasteiger partial charge < -0.3 is 25.8 Å². The van der Waals surface area contributed by atoms with E-state index in [1.165, 1.54) is 0 Å². The van der Waals surface area contributed by atoms with Gasteiger partial charge in [0.05, 0.1) is 16.7 Å². The van der Waals surface area contributed by atoms with Crippen molar-refractivity contribution in [3.05, 3.63) is 35.5 Å². The first-order valence-corrected chi connectivity index (χ1v) is 11.0. The van der Waals surface area contributed by atoms with Gasteiger partial charge in [-0.05, 0) is 62.5 Å². The van der Waals surface area contributed by atoms with E-state index in [0.717, 1.165) is 69.5 Å². The molecule has 0 radical (unpaired) electrons. The van der Waals surface area contributed by atoms with Crippen LogP contribution in [0.3, 0.4) is 0 Å². The fraction of sp³-hybridized carbons (Fsp3) is 0.565. The topological polar surface area (TPSA) is 104 Å². The number of nitrogens with two attached hydrogens (primary N) is 1. The Balaban J connectivity index is 1.31. The number of hydrogen-bond acceptors (Lipinski definition) is 5. The number of aliphatic hydroxyl groups is 3. The number of piperidine rings is 1. The summed E-state index contributed by atoms with van der Waals surface area (Å²) in [6.07, 6.45) is 5.29. The molecule has 2 aliphatic heterocycles. The molecular weight excluding hydrogens is 380 g/mol. The summed E-state index contributed by atoms with van der Waals surface area (Å²) < 4.78 is 4.34. The minimum absolute atomic E-state index is 0.0931. The van der Waals surface area contributed by atoms with Crippen molar-refractivity contribution in [2.45, 2.75) is 38.2 Å². The average Bonchev–Trinajstić information content (AvgIpc) is 2.76. The van der Waals surface area contributed by atoms with Crippen LogP contribution in [0, 0.1) is 12.8 Å². The zero-order valence-electron chi connectivity index (χ0n) is 17.7. The highest BCUT2D eigenvalue weighted by atomic mass is 16.5. The Kier molecular flexibility index (Phi) is 6.22. The van der Waals surface area contributed by atoms with Crippen molar-refractivity contribution in [1.82, 2.24) is 15.2 Å². The Morgan fingerprint density at radius 2 is 2.10 bits per heavy atom. The number of aromatic nitrogens is 1. The maximum Gasteiger partial charge on any atom is 0.253 e. The van der Waals surface area contributed by atoms with Crippen molar-refractivity contribution >= 4 is 22.5 Å². The summed E-state index contributed by atoms with van der Waals surface area (Å²) in [4.78, 5) is 19.6. The third kappa shape index (κ3) is 4.58. The van der Waals surface area contributed by atoms with Crippen LogP contribution in [0.25, 0.3) is 10.9 Å². The largest absolute Gasteiger partial charge is 0.433 e. The van der Waals surface area contributed by atoms with Crippen molar-refractivity contribution in [2.75, 3.05) is 45.1 Å². The number of nitrogens with one attached hydrogen (secondary N) is 1. The van der Waals surface area contributed by atoms with Crippen LogP contribution in [0.1, 0.15) is 41.6 Å². The van der Waals surface area contributed by atoms with Gasteiger partial charge in [-0.2, -0.15) is 0 Å². The number of carbonyl (C=O) groups is 1. The second-order valence-electron chi connectivity index (χ2n) is 8.88. The zero-order chi connectivity index (χ0) is 21.1. The fourth-order valence-corrected chi connectivity index (χ4v) is 4.65. The summed E-state index contributed by atoms with van der Waals surface area (Å²) in [5, 5.41) is 14.7. The molecule has 2 aliphatic rings. The maximum atomic E-state index is 12.9. The zero-order valence-corrected chi connectivity index (χ0v) is 17.7. The van der Waals surface area contributed by atoms with E-state index in [1.54, 1.807) is 6.20 Å². The first-order valence-electron chi connectivity index (χ1n) is 11.0. The lowest BCUT2D eigenvalue weighted by molar-refractivity contribution is -0.148. The molecule has 0 atom stereocenters. The second-order valence-corrected chi connectivity index (χ2v) is 8.88. The van der Waals surface area contributed by atoms with Crippen molar-refractivity contribution < 1.29 is 14.6 Å². The molecule has 0 spiro atoms. The van der Waals surface area contributed by atoms with Crippen LogP contribution >= 0.6 is 0 Å². The van der Waals surface area contributed by atoms with Gasteiger partial charge in [0, 0.05) is 43.2 Å². The van der Waals surface area contributed by atoms with E-state index >= 15 is 0 Å². The molecule has 2 fully saturated rings. The number of benzene rings is 1. The molecule has 7 nitrogen and oxygen atoms in total. The predicted octanol–water partition coefficient (Wildman–Crippen LogP) is 1.62. The highest BCUT2D eigenvalue weighted by Crippen LogP contribution is 2.27. The lowest BCUT2D eigenvalue weighted by Crippen LogP contribution is -2.50. The van der Waals surface area contributed by atoms with Gasteiger partial charge in [0.25, 0.3) is 5.91 Å². The van der Waals surface area contributed by atoms with Gasteiger partial charge >= 0.3 is 0 Å². The number of ether oxygens (including phenoxy) is 1. The summed E-state index contributed by atoms with van der Waals surface area (Å²) in [5.41, 5.74) is 8.39. The van der Waals surface area contributed by atoms with E-state index < -0.39 is 5.60 Å². The third-order valence-corrected chi connectivity index (χ3v) is 6.63. The predicted molar refractivity (Wildman–Crippen MR) is 119 cm³/mol. The van der Waals surface area contributed by atoms with Gasteiger partial charge in [0.2, 0.25) is 0 Å². The Labute approximate surface area is 177 Å². The first kappa shape index (κ1) is 21.0. The van der Waals surface area contributed by atoms with Crippen LogP contribution in [-0.2, 0) is 0 Å². The summed E-state index contributed by atoms with van der Waals surface area (Å²) in [7, 11) is 0. The number of nitrogen functional groups attached to an aromatic ring is 1. The van der Waals surface area contributed by atoms with E-state index in [0.29, 0.717) is 29.2 Å². The molecule has 7 heteroatoms. The molecule has 0 unspecified atom stereocenters. The molecule has 1 aromatic carbocycles. The summed E-state index contributed by atoms with van der Waals surface area (Å²) >= 11 is 0. The number of rotatable bonds is 5. The number of hydrogen-bond donors (Lipinski definition) is 3. The third-order valence-electron chi connectivity index (χ3n) is 6.63. The molecule has 3 heterocycles. The van der Waals surface area contributed by atoms with Gasteiger partial charge in [-0.25, -0.2) is 0 Å². The van der Waals surface area contributed by atoms with Crippen molar-refractivity contribution in [3.63, 3.8) is 0 Å². The Bertz CT molecular complexity index is 903. The quantitative estimate of drug-likeness (QED) is 0.510. The molecule has 162 valence electrons. The van der Waals surface area contributed by atoms with Crippen LogP contribution in [0.2, 0.25) is 0 Å². The summed E-state index contributed by atoms with van der Waals surface area (Å²) in [6, 6.07) is 5.58. The Morgan fingerprint density at radius 1 is 1.37 bits per heavy atom. The molecule has 1 aromatic heterocycles. The fourth-order valence-electron chi connectivity index (χ4n) is 4.65. The molecule has 5 N–H and O–H groups in total. The molecule has 4 rings (SSSR count). The molecule has 1 amide bonds. The van der Waals surface area contributed by atoms with Crippen LogP contribution in [0.15, 0.2) is 24.4 Å². The van der Waals surface area contributed by atoms with Gasteiger partial charge in [0.1, 0.15) is 13.2 Å². The van der Waals surface area contributed by atoms with Gasteiger partial charge in [-0.1, -0.05) is 0 Å². The van der Waals surface area contributed by atoms with Crippen LogP contribution in [0.5, 0.6) is 0 Å². The number of carbonyl (C=O) groups excluding carboxylic acids is 1. The monoisotopic (exact) mass is 413 g/mol. The highest BCUT2D eigenvalue weighted by molar-refractivity contribution is 6.09. The molecule has 0 aliphatic carbocycles. The SMILES string of the molecule is Cc1cc(C(=O)NCC2CCN(CC3(O)CC[OH+]CC3)CC2)c2ncccc2c1N. The van der Waals surface area contributed by atoms with Crippen LogP contribution in [0.4, 0.5) is 5.69 Å². The maximum absolute atomic E-state index is 12.9. The smallest absolute Gasteiger partial charge is 0.253 e. The second kappa shape index (κ2) is 8.88. The van der Waals surface area contributed by atoms with Crippen molar-refractivity contribution in [1.29, 1.82) is 0 Å². The lowest BCUT2D eigenvalue weighted by Gasteiger charge is -2.38. The number of anilines is 1. The standard InChI is InChI=1S/C23H32N4O3/c1-16-13-19(21-18(20(16)24)3-2-8-25-21)22(28)26-14-17-4-9-27(10-5-17)15-23(29)6-11-30-12-7-23/h2-3,8,13,17,29H,4-7,9-12,14-15,24H2,1H3,(H,26,28)/p+1. The highest BCUT2D eigenvalue weighted by Gasteiger charge is 2.35. The van der Waals surface area contributed by atoms with E-state index in [2.05, 4.69) is 19.9 Å². The van der Waals surface area contributed by atoms with E-state index in [4.69, 9.17) is 5.73 Å². The first-order chi connectivity index (χ1) is 14.5. The van der Waals surface area contributed by atoms with E-state index in [-0.39, 0.29) is 5.91 Å².